The number of hydrogen-bond acceptors (Lipinski definition) is 14. The lowest BCUT2D eigenvalue weighted by Crippen LogP contribution is -2.30. The van der Waals surface area contributed by atoms with Gasteiger partial charge in [-0.05, 0) is 103 Å². The number of phosphoric acid groups is 1. The maximum atomic E-state index is 13.0. The molecule has 538 valence electrons. The van der Waals surface area contributed by atoms with Crippen LogP contribution < -0.4 is 0 Å². The lowest BCUT2D eigenvalue weighted by atomic mass is 10.0. The number of aliphatic hydroxyl groups is 1. The molecule has 5 atom stereocenters. The summed E-state index contributed by atoms with van der Waals surface area (Å²) in [6.07, 6.45) is 67.1. The van der Waals surface area contributed by atoms with Gasteiger partial charge in [0, 0.05) is 25.7 Å². The molecule has 0 aliphatic heterocycles. The summed E-state index contributed by atoms with van der Waals surface area (Å²) in [6.45, 7) is 6.59. The molecule has 0 saturated carbocycles. The lowest BCUT2D eigenvalue weighted by Gasteiger charge is -2.20. The number of aliphatic hydroxyl groups excluding tert-OH is 1. The average molecular weight is 1340 g/mol. The van der Waals surface area contributed by atoms with E-state index in [9.17, 15) is 33.7 Å². The van der Waals surface area contributed by atoms with E-state index in [-0.39, 0.29) is 58.1 Å². The highest BCUT2D eigenvalue weighted by molar-refractivity contribution is 7.47. The minimum absolute atomic E-state index is 0.123. The van der Waals surface area contributed by atoms with Crippen LogP contribution in [0, 0.1) is 0 Å². The first-order valence-corrected chi connectivity index (χ1v) is 39.9. The summed E-state index contributed by atoms with van der Waals surface area (Å²) in [6, 6.07) is 0. The highest BCUT2D eigenvalue weighted by Crippen LogP contribution is 2.43. The molecular formula is C75H138O15P2. The second kappa shape index (κ2) is 71.0. The monoisotopic (exact) mass is 1340 g/mol. The maximum absolute atomic E-state index is 13.0. The van der Waals surface area contributed by atoms with Gasteiger partial charge in [0.25, 0.3) is 0 Å². The maximum Gasteiger partial charge on any atom is 0.472 e. The molecule has 0 amide bonds. The molecule has 2 unspecified atom stereocenters. The van der Waals surface area contributed by atoms with Gasteiger partial charge in [0.2, 0.25) is 0 Å². The van der Waals surface area contributed by atoms with Crippen molar-refractivity contribution in [2.24, 2.45) is 0 Å². The predicted molar refractivity (Wildman–Crippen MR) is 380 cm³/mol. The van der Waals surface area contributed by atoms with Crippen LogP contribution in [0.1, 0.15) is 349 Å². The molecule has 0 fully saturated rings. The second-order valence-electron chi connectivity index (χ2n) is 25.2. The number of carbonyl (C=O) groups excluding carboxylic acids is 4. The van der Waals surface area contributed by atoms with E-state index in [0.29, 0.717) is 25.7 Å². The summed E-state index contributed by atoms with van der Waals surface area (Å²) in [5, 5.41) is 10.6. The molecule has 0 aromatic heterocycles. The molecular weight excluding hydrogens is 1200 g/mol. The third kappa shape index (κ3) is 68.6. The molecule has 0 bridgehead atoms. The van der Waals surface area contributed by atoms with Gasteiger partial charge in [-0.25, -0.2) is 4.57 Å². The Bertz CT molecular complexity index is 1830. The van der Waals surface area contributed by atoms with Crippen molar-refractivity contribution >= 4 is 40.7 Å². The van der Waals surface area contributed by atoms with Crippen molar-refractivity contribution in [3.05, 3.63) is 48.6 Å². The first-order chi connectivity index (χ1) is 45.0. The van der Waals surface area contributed by atoms with Gasteiger partial charge in [-0.1, -0.05) is 269 Å². The predicted octanol–water partition coefficient (Wildman–Crippen LogP) is 21.7. The van der Waals surface area contributed by atoms with Crippen LogP contribution in [0.2, 0.25) is 0 Å². The Kier molecular flexibility index (Phi) is 68.9. The third-order valence-corrected chi connectivity index (χ3v) is 17.6. The van der Waals surface area contributed by atoms with E-state index in [1.54, 1.807) is 0 Å². The number of rotatable bonds is 72. The van der Waals surface area contributed by atoms with E-state index in [1.807, 2.05) is 0 Å². The molecule has 92 heavy (non-hydrogen) atoms. The first kappa shape index (κ1) is 89.3. The fraction of sp³-hybridized carbons (Fsp3) is 0.840. The van der Waals surface area contributed by atoms with Crippen LogP contribution in [0.3, 0.4) is 0 Å². The number of phosphoric ester groups is 1. The zero-order valence-electron chi connectivity index (χ0n) is 59.1. The number of carbonyl (C=O) groups is 4. The molecule has 0 radical (unpaired) electrons. The van der Waals surface area contributed by atoms with Crippen LogP contribution in [0.4, 0.5) is 0 Å². The molecule has 0 aromatic carbocycles. The van der Waals surface area contributed by atoms with Crippen molar-refractivity contribution in [1.29, 1.82) is 0 Å². The van der Waals surface area contributed by atoms with Gasteiger partial charge in [-0.3, -0.25) is 28.2 Å². The molecule has 0 aliphatic rings. The van der Waals surface area contributed by atoms with Gasteiger partial charge in [-0.2, -0.15) is 0 Å². The molecule has 0 aromatic rings. The van der Waals surface area contributed by atoms with Crippen molar-refractivity contribution < 1.29 is 70.8 Å². The molecule has 15 nitrogen and oxygen atoms in total. The summed E-state index contributed by atoms with van der Waals surface area (Å²) in [7, 11) is -5.42. The van der Waals surface area contributed by atoms with Crippen molar-refractivity contribution in [2.45, 2.75) is 367 Å². The Hall–Kier alpha value is -2.74. The van der Waals surface area contributed by atoms with Crippen molar-refractivity contribution in [3.8, 4) is 0 Å². The third-order valence-electron chi connectivity index (χ3n) is 16.1. The SMILES string of the molecule is CC/C=C/CCCCCCCC(=O)O[C@H](COC(=O)CCCCCCC/C=C/CCCCCCCC)COP(=O)(O)OC[C@@H](O)COPOC[C@@H](COC(=O)CCCCCCC/C=C/C/C=C/CCCCC)OC(=O)CCCCCCCCCCCCCCCCC. The summed E-state index contributed by atoms with van der Waals surface area (Å²) < 4.78 is 56.8. The molecule has 2 N–H and O–H groups in total. The second-order valence-corrected chi connectivity index (χ2v) is 27.4. The van der Waals surface area contributed by atoms with Crippen molar-refractivity contribution in [3.63, 3.8) is 0 Å². The van der Waals surface area contributed by atoms with E-state index < -0.39 is 66.3 Å². The summed E-state index contributed by atoms with van der Waals surface area (Å²) >= 11 is 0. The van der Waals surface area contributed by atoms with Gasteiger partial charge < -0.3 is 38.0 Å². The Balaban J connectivity index is 5.08. The number of allylic oxidation sites excluding steroid dienone is 8. The summed E-state index contributed by atoms with van der Waals surface area (Å²) in [5.74, 6) is -1.76. The van der Waals surface area contributed by atoms with Crippen LogP contribution >= 0.6 is 16.9 Å². The van der Waals surface area contributed by atoms with Crippen molar-refractivity contribution in [2.75, 3.05) is 39.6 Å². The Labute approximate surface area is 564 Å². The number of hydrogen-bond donors (Lipinski definition) is 2. The van der Waals surface area contributed by atoms with Gasteiger partial charge in [0.15, 0.2) is 21.2 Å². The Morgan fingerprint density at radius 2 is 0.641 bits per heavy atom. The Morgan fingerprint density at radius 1 is 0.348 bits per heavy atom. The number of esters is 4. The normalized spacial score (nSPS) is 13.7. The molecule has 17 heteroatoms. The van der Waals surface area contributed by atoms with E-state index >= 15 is 0 Å². The standard InChI is InChI=1S/C75H138O15P2/c1-5-9-13-17-21-25-28-31-34-37-40-44-47-51-55-59-72(77)83-65-70(89-74(79)61-57-54-50-46-42-39-36-33-30-27-23-19-15-11-7-3)67-86-91-85-63-69(76)64-87-92(81,82)88-68-71(90-75(80)62-58-53-49-43-24-20-16-12-8-4)66-84-73(78)60-56-52-48-45-41-38-35-32-29-26-22-18-14-10-6-2/h12,16,21,25,31-32,34-35,69-71,76,91H,5-11,13-15,17-20,22-24,26-30,33,36-68H2,1-4H3,(H,81,82)/b16-12+,25-21+,34-31+,35-32+/t69-,70+,71+/m0/s1. The average Bonchev–Trinajstić information content (AvgIpc) is 3.73. The van der Waals surface area contributed by atoms with Crippen LogP contribution in [-0.4, -0.2) is 91.8 Å². The quantitative estimate of drug-likeness (QED) is 0.0191. The zero-order valence-corrected chi connectivity index (χ0v) is 61.0. The fourth-order valence-corrected chi connectivity index (χ4v) is 11.8. The molecule has 0 spiro atoms. The Morgan fingerprint density at radius 3 is 1.03 bits per heavy atom. The van der Waals surface area contributed by atoms with Crippen LogP contribution in [-0.2, 0) is 60.8 Å². The van der Waals surface area contributed by atoms with Gasteiger partial charge in [0.05, 0.1) is 26.4 Å². The minimum atomic E-state index is -4.80. The van der Waals surface area contributed by atoms with Crippen LogP contribution in [0.5, 0.6) is 0 Å². The number of unbranched alkanes of at least 4 members (excludes halogenated alkanes) is 38. The smallest absolute Gasteiger partial charge is 0.462 e. The van der Waals surface area contributed by atoms with Crippen LogP contribution in [0.25, 0.3) is 0 Å². The minimum Gasteiger partial charge on any atom is -0.462 e. The molecule has 0 rings (SSSR count). The van der Waals surface area contributed by atoms with Gasteiger partial charge >= 0.3 is 31.7 Å². The van der Waals surface area contributed by atoms with E-state index in [4.69, 9.17) is 37.0 Å². The molecule has 0 saturated heterocycles. The zero-order chi connectivity index (χ0) is 67.2. The highest BCUT2D eigenvalue weighted by atomic mass is 31.2. The molecule has 0 aliphatic carbocycles. The van der Waals surface area contributed by atoms with E-state index in [1.165, 1.54) is 128 Å². The van der Waals surface area contributed by atoms with E-state index in [2.05, 4.69) is 76.3 Å². The number of ether oxygens (including phenoxy) is 4. The summed E-state index contributed by atoms with van der Waals surface area (Å²) in [4.78, 5) is 62.0. The highest BCUT2D eigenvalue weighted by Gasteiger charge is 2.28. The topological polar surface area (TPSA) is 200 Å². The largest absolute Gasteiger partial charge is 0.472 e. The van der Waals surface area contributed by atoms with Gasteiger partial charge in [-0.15, -0.1) is 0 Å². The van der Waals surface area contributed by atoms with Crippen LogP contribution in [0.15, 0.2) is 48.6 Å². The van der Waals surface area contributed by atoms with E-state index in [0.717, 1.165) is 141 Å². The van der Waals surface area contributed by atoms with Gasteiger partial charge in [0.1, 0.15) is 19.3 Å². The molecule has 0 heterocycles. The summed E-state index contributed by atoms with van der Waals surface area (Å²) in [5.41, 5.74) is 0. The fourth-order valence-electron chi connectivity index (χ4n) is 10.4. The van der Waals surface area contributed by atoms with Crippen molar-refractivity contribution in [1.82, 2.24) is 0 Å². The lowest BCUT2D eigenvalue weighted by molar-refractivity contribution is -0.161. The first-order valence-electron chi connectivity index (χ1n) is 37.5.